The number of carbonyl (C=O) groups is 1. The first-order valence-corrected chi connectivity index (χ1v) is 6.58. The van der Waals surface area contributed by atoms with Gasteiger partial charge in [0.2, 0.25) is 0 Å². The molecule has 0 saturated heterocycles. The maximum atomic E-state index is 11.9. The van der Waals surface area contributed by atoms with E-state index in [9.17, 15) is 9.90 Å². The molecule has 0 aliphatic rings. The first-order chi connectivity index (χ1) is 8.56. The minimum atomic E-state index is -0.291. The summed E-state index contributed by atoms with van der Waals surface area (Å²) in [5, 5.41) is 12.4. The van der Waals surface area contributed by atoms with Crippen molar-refractivity contribution in [1.82, 2.24) is 5.32 Å². The quantitative estimate of drug-likeness (QED) is 0.906. The van der Waals surface area contributed by atoms with Crippen LogP contribution in [0.25, 0.3) is 0 Å². The second kappa shape index (κ2) is 5.42. The molecular formula is C13H12ClNO2S. The number of thiophene rings is 1. The standard InChI is InChI=1S/C13H12ClNO2S/c1-8-2-4-11(16)10(6-8)13(17)15-7-9-3-5-12(14)18-9/h2-6,16H,7H2,1H3,(H,15,17). The maximum Gasteiger partial charge on any atom is 0.255 e. The van der Waals surface area contributed by atoms with Crippen LogP contribution in [0.5, 0.6) is 5.75 Å². The number of benzene rings is 1. The molecule has 0 unspecified atom stereocenters. The Balaban J connectivity index is 2.05. The SMILES string of the molecule is Cc1ccc(O)c(C(=O)NCc2ccc(Cl)s2)c1. The normalized spacial score (nSPS) is 10.3. The number of hydrogen-bond donors (Lipinski definition) is 2. The molecule has 0 atom stereocenters. The van der Waals surface area contributed by atoms with Crippen LogP contribution in [0.4, 0.5) is 0 Å². The fourth-order valence-corrected chi connectivity index (χ4v) is 2.57. The molecule has 2 aromatic rings. The van der Waals surface area contributed by atoms with E-state index in [1.807, 2.05) is 13.0 Å². The predicted octanol–water partition coefficient (Wildman–Crippen LogP) is 3.35. The summed E-state index contributed by atoms with van der Waals surface area (Å²) in [5.41, 5.74) is 1.22. The van der Waals surface area contributed by atoms with Crippen molar-refractivity contribution in [3.63, 3.8) is 0 Å². The molecule has 0 aliphatic carbocycles. The number of amides is 1. The van der Waals surface area contributed by atoms with Crippen LogP contribution in [0.15, 0.2) is 30.3 Å². The van der Waals surface area contributed by atoms with E-state index in [0.717, 1.165) is 10.4 Å². The third kappa shape index (κ3) is 3.03. The molecular weight excluding hydrogens is 270 g/mol. The fraction of sp³-hybridized carbons (Fsp3) is 0.154. The lowest BCUT2D eigenvalue weighted by molar-refractivity contribution is 0.0948. The van der Waals surface area contributed by atoms with Gasteiger partial charge in [-0.1, -0.05) is 23.2 Å². The monoisotopic (exact) mass is 281 g/mol. The number of aromatic hydroxyl groups is 1. The number of halogens is 1. The van der Waals surface area contributed by atoms with Crippen LogP contribution in [-0.4, -0.2) is 11.0 Å². The predicted molar refractivity (Wildman–Crippen MR) is 73.3 cm³/mol. The topological polar surface area (TPSA) is 49.3 Å². The minimum Gasteiger partial charge on any atom is -0.507 e. The summed E-state index contributed by atoms with van der Waals surface area (Å²) < 4.78 is 0.692. The zero-order valence-corrected chi connectivity index (χ0v) is 11.3. The van der Waals surface area contributed by atoms with Gasteiger partial charge in [0.05, 0.1) is 16.4 Å². The van der Waals surface area contributed by atoms with Crippen LogP contribution in [0.1, 0.15) is 20.8 Å². The van der Waals surface area contributed by atoms with E-state index in [2.05, 4.69) is 5.32 Å². The highest BCUT2D eigenvalue weighted by Gasteiger charge is 2.11. The zero-order valence-electron chi connectivity index (χ0n) is 9.74. The van der Waals surface area contributed by atoms with Crippen LogP contribution in [0.2, 0.25) is 4.34 Å². The van der Waals surface area contributed by atoms with Crippen LogP contribution in [0, 0.1) is 6.92 Å². The zero-order chi connectivity index (χ0) is 13.1. The molecule has 2 N–H and O–H groups in total. The molecule has 0 aliphatic heterocycles. The molecule has 5 heteroatoms. The van der Waals surface area contributed by atoms with E-state index >= 15 is 0 Å². The van der Waals surface area contributed by atoms with Crippen molar-refractivity contribution in [2.24, 2.45) is 0 Å². The van der Waals surface area contributed by atoms with Crippen molar-refractivity contribution in [2.45, 2.75) is 13.5 Å². The lowest BCUT2D eigenvalue weighted by Gasteiger charge is -2.06. The second-order valence-corrected chi connectivity index (χ2v) is 5.71. The number of carbonyl (C=O) groups excluding carboxylic acids is 1. The highest BCUT2D eigenvalue weighted by Crippen LogP contribution is 2.22. The molecule has 1 heterocycles. The number of nitrogens with one attached hydrogen (secondary N) is 1. The van der Waals surface area contributed by atoms with E-state index in [-0.39, 0.29) is 17.2 Å². The Morgan fingerprint density at radius 2 is 2.17 bits per heavy atom. The van der Waals surface area contributed by atoms with Crippen molar-refractivity contribution in [2.75, 3.05) is 0 Å². The second-order valence-electron chi connectivity index (χ2n) is 3.91. The lowest BCUT2D eigenvalue weighted by atomic mass is 10.1. The van der Waals surface area contributed by atoms with Crippen molar-refractivity contribution >= 4 is 28.8 Å². The third-order valence-electron chi connectivity index (χ3n) is 2.45. The van der Waals surface area contributed by atoms with Gasteiger partial charge in [0, 0.05) is 4.88 Å². The molecule has 1 aromatic carbocycles. The Bertz CT molecular complexity index is 580. The summed E-state index contributed by atoms with van der Waals surface area (Å²) in [6.07, 6.45) is 0. The van der Waals surface area contributed by atoms with Crippen LogP contribution >= 0.6 is 22.9 Å². The average molecular weight is 282 g/mol. The summed E-state index contributed by atoms with van der Waals surface area (Å²) >= 11 is 7.23. The number of rotatable bonds is 3. The van der Waals surface area contributed by atoms with Crippen LogP contribution in [0.3, 0.4) is 0 Å². The van der Waals surface area contributed by atoms with E-state index in [1.165, 1.54) is 17.4 Å². The third-order valence-corrected chi connectivity index (χ3v) is 3.68. The van der Waals surface area contributed by atoms with Gasteiger partial charge in [-0.3, -0.25) is 4.79 Å². The molecule has 2 rings (SSSR count). The highest BCUT2D eigenvalue weighted by molar-refractivity contribution is 7.16. The molecule has 0 radical (unpaired) electrons. The van der Waals surface area contributed by atoms with Crippen LogP contribution < -0.4 is 5.32 Å². The summed E-state index contributed by atoms with van der Waals surface area (Å²) in [4.78, 5) is 12.9. The van der Waals surface area contributed by atoms with E-state index in [4.69, 9.17) is 11.6 Å². The lowest BCUT2D eigenvalue weighted by Crippen LogP contribution is -2.22. The van der Waals surface area contributed by atoms with Gasteiger partial charge >= 0.3 is 0 Å². The van der Waals surface area contributed by atoms with E-state index in [1.54, 1.807) is 18.2 Å². The van der Waals surface area contributed by atoms with E-state index in [0.29, 0.717) is 10.9 Å². The molecule has 1 aromatic heterocycles. The van der Waals surface area contributed by atoms with Crippen molar-refractivity contribution < 1.29 is 9.90 Å². The van der Waals surface area contributed by atoms with Gasteiger partial charge in [-0.15, -0.1) is 11.3 Å². The molecule has 94 valence electrons. The molecule has 0 spiro atoms. The molecule has 0 bridgehead atoms. The van der Waals surface area contributed by atoms with Gasteiger partial charge in [0.15, 0.2) is 0 Å². The Morgan fingerprint density at radius 1 is 1.39 bits per heavy atom. The van der Waals surface area contributed by atoms with Gasteiger partial charge in [-0.2, -0.15) is 0 Å². The van der Waals surface area contributed by atoms with Gasteiger partial charge in [-0.25, -0.2) is 0 Å². The van der Waals surface area contributed by atoms with Crippen molar-refractivity contribution in [3.8, 4) is 5.75 Å². The Labute approximate surface area is 114 Å². The minimum absolute atomic E-state index is 0.0117. The van der Waals surface area contributed by atoms with Crippen LogP contribution in [-0.2, 0) is 6.54 Å². The molecule has 3 nitrogen and oxygen atoms in total. The Hall–Kier alpha value is -1.52. The summed E-state index contributed by atoms with van der Waals surface area (Å²) in [6, 6.07) is 8.59. The van der Waals surface area contributed by atoms with Gasteiger partial charge in [0.1, 0.15) is 5.75 Å². The molecule has 0 saturated carbocycles. The largest absolute Gasteiger partial charge is 0.507 e. The van der Waals surface area contributed by atoms with Gasteiger partial charge in [0.25, 0.3) is 5.91 Å². The molecule has 1 amide bonds. The fourth-order valence-electron chi connectivity index (χ4n) is 1.54. The summed E-state index contributed by atoms with van der Waals surface area (Å²) in [6.45, 7) is 2.28. The number of phenolic OH excluding ortho intramolecular Hbond substituents is 1. The number of phenols is 1. The first-order valence-electron chi connectivity index (χ1n) is 5.38. The van der Waals surface area contributed by atoms with Crippen molar-refractivity contribution in [1.29, 1.82) is 0 Å². The van der Waals surface area contributed by atoms with Crippen molar-refractivity contribution in [3.05, 3.63) is 50.7 Å². The Kier molecular flexibility index (Phi) is 3.89. The summed E-state index contributed by atoms with van der Waals surface area (Å²) in [5.74, 6) is -0.303. The first kappa shape index (κ1) is 12.9. The highest BCUT2D eigenvalue weighted by atomic mass is 35.5. The number of hydrogen-bond acceptors (Lipinski definition) is 3. The van der Waals surface area contributed by atoms with E-state index < -0.39 is 0 Å². The smallest absolute Gasteiger partial charge is 0.255 e. The summed E-state index contributed by atoms with van der Waals surface area (Å²) in [7, 11) is 0. The number of aryl methyl sites for hydroxylation is 1. The molecule has 0 fully saturated rings. The van der Waals surface area contributed by atoms with Gasteiger partial charge < -0.3 is 10.4 Å². The Morgan fingerprint density at radius 3 is 2.83 bits per heavy atom. The average Bonchev–Trinajstić information content (AvgIpc) is 2.75. The van der Waals surface area contributed by atoms with Gasteiger partial charge in [-0.05, 0) is 31.2 Å². The maximum absolute atomic E-state index is 11.9. The molecule has 18 heavy (non-hydrogen) atoms.